The highest BCUT2D eigenvalue weighted by Gasteiger charge is 2.17. The normalized spacial score (nSPS) is 13.1. The largest absolute Gasteiger partial charge is 0.493 e. The van der Waals surface area contributed by atoms with Crippen LogP contribution in [0.4, 0.5) is 0 Å². The zero-order valence-corrected chi connectivity index (χ0v) is 22.4. The van der Waals surface area contributed by atoms with Gasteiger partial charge in [0.05, 0.1) is 6.61 Å². The molecule has 2 nitrogen and oxygen atoms in total. The molecule has 0 fully saturated rings. The quantitative estimate of drug-likeness (QED) is 0.282. The maximum absolute atomic E-state index is 6.04. The monoisotopic (exact) mass is 452 g/mol. The van der Waals surface area contributed by atoms with Crippen LogP contribution in [0.15, 0.2) is 48.5 Å². The molecule has 0 heterocycles. The molecule has 0 aromatic heterocycles. The first kappa shape index (κ1) is 27.3. The molecule has 0 aliphatic carbocycles. The summed E-state index contributed by atoms with van der Waals surface area (Å²) < 4.78 is 12.0. The first-order valence-corrected chi connectivity index (χ1v) is 13.1. The Morgan fingerprint density at radius 3 is 1.61 bits per heavy atom. The Balaban J connectivity index is 2.08. The van der Waals surface area contributed by atoms with E-state index in [9.17, 15) is 0 Å². The maximum Gasteiger partial charge on any atom is 0.120 e. The van der Waals surface area contributed by atoms with E-state index in [-0.39, 0.29) is 11.0 Å². The van der Waals surface area contributed by atoms with Crippen LogP contribution in [0.1, 0.15) is 117 Å². The zero-order valence-electron chi connectivity index (χ0n) is 22.4. The first-order chi connectivity index (χ1) is 15.6. The van der Waals surface area contributed by atoms with E-state index in [4.69, 9.17) is 9.47 Å². The van der Waals surface area contributed by atoms with Gasteiger partial charge in [-0.15, -0.1) is 0 Å². The van der Waals surface area contributed by atoms with Crippen LogP contribution in [0.5, 0.6) is 11.5 Å². The molecule has 0 saturated carbocycles. The number of unbranched alkanes of at least 4 members (excludes halogenated alkanes) is 6. The third-order valence-corrected chi connectivity index (χ3v) is 5.76. The molecule has 0 bridgehead atoms. The number of rotatable bonds is 13. The van der Waals surface area contributed by atoms with Crippen LogP contribution in [0, 0.1) is 5.41 Å². The summed E-state index contributed by atoms with van der Waals surface area (Å²) in [4.78, 5) is 0. The summed E-state index contributed by atoms with van der Waals surface area (Å²) in [5, 5.41) is 0. The molecule has 2 aromatic rings. The summed E-state index contributed by atoms with van der Waals surface area (Å²) in [6.45, 7) is 15.9. The van der Waals surface area contributed by atoms with Gasteiger partial charge in [0.1, 0.15) is 17.1 Å². The SMILES string of the molecule is CCCCCCCCCC(c1ccc(OCC(C)(C)C)cc1)c1ccc(OC(C)(C)C)cc1. The van der Waals surface area contributed by atoms with Crippen molar-refractivity contribution in [3.63, 3.8) is 0 Å². The van der Waals surface area contributed by atoms with E-state index in [1.165, 1.54) is 62.5 Å². The van der Waals surface area contributed by atoms with Crippen LogP contribution < -0.4 is 9.47 Å². The molecular formula is C31H48O2. The van der Waals surface area contributed by atoms with Gasteiger partial charge in [0.15, 0.2) is 0 Å². The zero-order chi connectivity index (χ0) is 24.3. The third-order valence-electron chi connectivity index (χ3n) is 5.76. The van der Waals surface area contributed by atoms with E-state index >= 15 is 0 Å². The molecule has 0 amide bonds. The van der Waals surface area contributed by atoms with Crippen molar-refractivity contribution < 1.29 is 9.47 Å². The Hall–Kier alpha value is -1.96. The van der Waals surface area contributed by atoms with Crippen LogP contribution in [0.2, 0.25) is 0 Å². The molecule has 1 unspecified atom stereocenters. The van der Waals surface area contributed by atoms with Crippen LogP contribution in [-0.2, 0) is 0 Å². The van der Waals surface area contributed by atoms with Gasteiger partial charge in [-0.25, -0.2) is 0 Å². The second-order valence-electron chi connectivity index (χ2n) is 11.7. The molecular weight excluding hydrogens is 404 g/mol. The molecule has 0 saturated heterocycles. The van der Waals surface area contributed by atoms with Gasteiger partial charge in [0, 0.05) is 5.92 Å². The molecule has 1 atom stereocenters. The van der Waals surface area contributed by atoms with Gasteiger partial charge < -0.3 is 9.47 Å². The van der Waals surface area contributed by atoms with Gasteiger partial charge in [0.2, 0.25) is 0 Å². The molecule has 0 aliphatic rings. The molecule has 0 radical (unpaired) electrons. The summed E-state index contributed by atoms with van der Waals surface area (Å²) in [7, 11) is 0. The lowest BCUT2D eigenvalue weighted by atomic mass is 9.86. The predicted molar refractivity (Wildman–Crippen MR) is 143 cm³/mol. The Bertz CT molecular complexity index is 776. The van der Waals surface area contributed by atoms with E-state index < -0.39 is 0 Å². The van der Waals surface area contributed by atoms with Gasteiger partial charge in [-0.3, -0.25) is 0 Å². The Labute approximate surface area is 204 Å². The number of hydrogen-bond acceptors (Lipinski definition) is 2. The average molecular weight is 453 g/mol. The third kappa shape index (κ3) is 11.1. The minimum atomic E-state index is -0.179. The van der Waals surface area contributed by atoms with Crippen LogP contribution >= 0.6 is 0 Å². The van der Waals surface area contributed by atoms with Crippen molar-refractivity contribution in [3.8, 4) is 11.5 Å². The molecule has 33 heavy (non-hydrogen) atoms. The van der Waals surface area contributed by atoms with E-state index in [1.54, 1.807) is 0 Å². The summed E-state index contributed by atoms with van der Waals surface area (Å²) in [6.07, 6.45) is 10.5. The Morgan fingerprint density at radius 2 is 1.12 bits per heavy atom. The highest BCUT2D eigenvalue weighted by atomic mass is 16.5. The van der Waals surface area contributed by atoms with E-state index in [1.807, 2.05) is 0 Å². The van der Waals surface area contributed by atoms with Crippen molar-refractivity contribution in [3.05, 3.63) is 59.7 Å². The van der Waals surface area contributed by atoms with Crippen molar-refractivity contribution in [1.82, 2.24) is 0 Å². The summed E-state index contributed by atoms with van der Waals surface area (Å²) in [5.74, 6) is 2.30. The fourth-order valence-corrected chi connectivity index (χ4v) is 4.05. The molecule has 0 N–H and O–H groups in total. The van der Waals surface area contributed by atoms with Crippen molar-refractivity contribution >= 4 is 0 Å². The fourth-order valence-electron chi connectivity index (χ4n) is 4.05. The van der Waals surface area contributed by atoms with Crippen LogP contribution in [-0.4, -0.2) is 12.2 Å². The minimum absolute atomic E-state index is 0.162. The first-order valence-electron chi connectivity index (χ1n) is 13.1. The lowest BCUT2D eigenvalue weighted by Gasteiger charge is -2.23. The number of hydrogen-bond donors (Lipinski definition) is 0. The predicted octanol–water partition coefficient (Wildman–Crippen LogP) is 9.56. The fraction of sp³-hybridized carbons (Fsp3) is 0.613. The Kier molecular flexibility index (Phi) is 10.8. The molecule has 0 spiro atoms. The van der Waals surface area contributed by atoms with Gasteiger partial charge in [-0.2, -0.15) is 0 Å². The smallest absolute Gasteiger partial charge is 0.120 e. The maximum atomic E-state index is 6.04. The average Bonchev–Trinajstić information content (AvgIpc) is 2.74. The molecule has 0 aliphatic heterocycles. The van der Waals surface area contributed by atoms with E-state index in [2.05, 4.69) is 97.0 Å². The summed E-state index contributed by atoms with van der Waals surface area (Å²) >= 11 is 0. The highest BCUT2D eigenvalue weighted by molar-refractivity contribution is 5.38. The summed E-state index contributed by atoms with van der Waals surface area (Å²) in [5.41, 5.74) is 2.72. The summed E-state index contributed by atoms with van der Waals surface area (Å²) in [6, 6.07) is 17.5. The molecule has 2 rings (SSSR count). The van der Waals surface area contributed by atoms with Crippen molar-refractivity contribution in [1.29, 1.82) is 0 Å². The van der Waals surface area contributed by atoms with Gasteiger partial charge in [0.25, 0.3) is 0 Å². The number of benzene rings is 2. The lowest BCUT2D eigenvalue weighted by molar-refractivity contribution is 0.131. The molecule has 2 aromatic carbocycles. The van der Waals surface area contributed by atoms with Crippen molar-refractivity contribution in [2.24, 2.45) is 5.41 Å². The second kappa shape index (κ2) is 13.1. The van der Waals surface area contributed by atoms with Crippen LogP contribution in [0.3, 0.4) is 0 Å². The molecule has 2 heteroatoms. The van der Waals surface area contributed by atoms with E-state index in [0.717, 1.165) is 18.1 Å². The van der Waals surface area contributed by atoms with Gasteiger partial charge in [-0.1, -0.05) is 96.9 Å². The second-order valence-corrected chi connectivity index (χ2v) is 11.7. The Morgan fingerprint density at radius 1 is 0.636 bits per heavy atom. The van der Waals surface area contributed by atoms with E-state index in [0.29, 0.717) is 5.92 Å². The van der Waals surface area contributed by atoms with Gasteiger partial charge >= 0.3 is 0 Å². The minimum Gasteiger partial charge on any atom is -0.493 e. The standard InChI is InChI=1S/C31H48O2/c1-8-9-10-11-12-13-14-15-29(26-18-22-28(23-19-26)33-31(5,6)7)25-16-20-27(21-17-25)32-24-30(2,3)4/h16-23,29H,8-15,24H2,1-7H3. The van der Waals surface area contributed by atoms with Crippen LogP contribution in [0.25, 0.3) is 0 Å². The van der Waals surface area contributed by atoms with Crippen molar-refractivity contribution in [2.45, 2.75) is 111 Å². The van der Waals surface area contributed by atoms with Gasteiger partial charge in [-0.05, 0) is 68.0 Å². The topological polar surface area (TPSA) is 18.5 Å². The van der Waals surface area contributed by atoms with Crippen molar-refractivity contribution in [2.75, 3.05) is 6.61 Å². The lowest BCUT2D eigenvalue weighted by Crippen LogP contribution is -2.22. The number of ether oxygens (including phenoxy) is 2. The highest BCUT2D eigenvalue weighted by Crippen LogP contribution is 2.33. The molecule has 184 valence electrons.